The maximum atomic E-state index is 12.7. The quantitative estimate of drug-likeness (QED) is 0.844. The Hall–Kier alpha value is -1.40. The molecule has 2 aliphatic heterocycles. The summed E-state index contributed by atoms with van der Waals surface area (Å²) < 4.78 is 7.21. The van der Waals surface area contributed by atoms with E-state index in [1.807, 2.05) is 6.07 Å². The van der Waals surface area contributed by atoms with Gasteiger partial charge in [-0.1, -0.05) is 0 Å². The van der Waals surface area contributed by atoms with Gasteiger partial charge in [0.2, 0.25) is 0 Å². The number of hydrogen-bond acceptors (Lipinski definition) is 3. The first-order chi connectivity index (χ1) is 11.6. The molecule has 4 bridgehead atoms. The number of carbonyl (C=O) groups is 1. The van der Waals surface area contributed by atoms with Crippen molar-refractivity contribution in [2.45, 2.75) is 43.8 Å². The van der Waals surface area contributed by atoms with Crippen LogP contribution in [0, 0.1) is 11.8 Å². The first kappa shape index (κ1) is 14.9. The Kier molecular flexibility index (Phi) is 3.29. The van der Waals surface area contributed by atoms with E-state index in [0.29, 0.717) is 18.2 Å². The van der Waals surface area contributed by atoms with Crippen LogP contribution in [0.4, 0.5) is 0 Å². The molecule has 2 unspecified atom stereocenters. The summed E-state index contributed by atoms with van der Waals surface area (Å²) in [6.45, 7) is 0.615. The van der Waals surface area contributed by atoms with E-state index in [1.165, 1.54) is 19.3 Å². The molecule has 5 nitrogen and oxygen atoms in total. The van der Waals surface area contributed by atoms with Crippen LogP contribution in [-0.2, 0) is 4.74 Å². The fourth-order valence-corrected chi connectivity index (χ4v) is 5.54. The molecule has 2 aromatic heterocycles. The third-order valence-corrected chi connectivity index (χ3v) is 6.34. The van der Waals surface area contributed by atoms with Gasteiger partial charge < -0.3 is 15.0 Å². The van der Waals surface area contributed by atoms with Gasteiger partial charge in [-0.15, -0.1) is 0 Å². The molecule has 126 valence electrons. The fraction of sp³-hybridized carbons (Fsp3) is 0.556. The van der Waals surface area contributed by atoms with Gasteiger partial charge in [0.25, 0.3) is 5.91 Å². The van der Waals surface area contributed by atoms with Crippen molar-refractivity contribution in [3.63, 3.8) is 0 Å². The maximum Gasteiger partial charge on any atom is 0.253 e. The van der Waals surface area contributed by atoms with Crippen molar-refractivity contribution in [2.24, 2.45) is 11.8 Å². The number of carbonyl (C=O) groups excluding carboxylic acids is 1. The van der Waals surface area contributed by atoms with Gasteiger partial charge in [0.05, 0.1) is 17.3 Å². The molecule has 2 saturated heterocycles. The van der Waals surface area contributed by atoms with Gasteiger partial charge in [0, 0.05) is 28.8 Å². The molecule has 2 N–H and O–H groups in total. The second-order valence-electron chi connectivity index (χ2n) is 7.71. The Bertz CT molecular complexity index is 780. The summed E-state index contributed by atoms with van der Waals surface area (Å²) in [6.07, 6.45) is 9.87. The predicted molar refractivity (Wildman–Crippen MR) is 93.8 cm³/mol. The molecule has 0 aromatic carbocycles. The van der Waals surface area contributed by atoms with Gasteiger partial charge in [-0.25, -0.2) is 4.98 Å². The number of hydrogen-bond donors (Lipinski definition) is 2. The van der Waals surface area contributed by atoms with Crippen LogP contribution in [0.25, 0.3) is 11.0 Å². The summed E-state index contributed by atoms with van der Waals surface area (Å²) >= 11 is 3.42. The standard InChI is InChI=1S/C18H20BrN3O2/c19-12-4-14-15(8-21-16(14)20-7-12)17(23)22-9-18-5-10-1-11(6-18)3-13(2-10)24-18/h4,7-8,10-11,13H,1-3,5-6,9H2,(H,20,21)(H,22,23). The third-order valence-electron chi connectivity index (χ3n) is 5.91. The van der Waals surface area contributed by atoms with E-state index in [9.17, 15) is 4.79 Å². The lowest BCUT2D eigenvalue weighted by molar-refractivity contribution is -0.216. The van der Waals surface area contributed by atoms with Crippen molar-refractivity contribution in [1.29, 1.82) is 0 Å². The van der Waals surface area contributed by atoms with E-state index in [0.717, 1.165) is 40.2 Å². The third kappa shape index (κ3) is 2.39. The number of fused-ring (bicyclic) bond motifs is 1. The molecule has 4 aliphatic rings. The highest BCUT2D eigenvalue weighted by molar-refractivity contribution is 9.10. The molecule has 6 rings (SSSR count). The number of rotatable bonds is 3. The maximum absolute atomic E-state index is 12.7. The summed E-state index contributed by atoms with van der Waals surface area (Å²) in [5, 5.41) is 3.97. The number of halogens is 1. The molecular weight excluding hydrogens is 370 g/mol. The Morgan fingerprint density at radius 3 is 2.92 bits per heavy atom. The summed E-state index contributed by atoms with van der Waals surface area (Å²) in [6, 6.07) is 1.93. The fourth-order valence-electron chi connectivity index (χ4n) is 5.21. The minimum Gasteiger partial charge on any atom is -0.370 e. The summed E-state index contributed by atoms with van der Waals surface area (Å²) in [5.74, 6) is 1.53. The minimum atomic E-state index is -0.130. The van der Waals surface area contributed by atoms with Crippen molar-refractivity contribution in [2.75, 3.05) is 6.54 Å². The molecular formula is C18H20BrN3O2. The average molecular weight is 390 g/mol. The lowest BCUT2D eigenvalue weighted by Gasteiger charge is -2.56. The van der Waals surface area contributed by atoms with E-state index < -0.39 is 0 Å². The largest absolute Gasteiger partial charge is 0.370 e. The van der Waals surface area contributed by atoms with Crippen LogP contribution in [0.3, 0.4) is 0 Å². The van der Waals surface area contributed by atoms with Crippen LogP contribution < -0.4 is 5.32 Å². The van der Waals surface area contributed by atoms with E-state index in [4.69, 9.17) is 4.74 Å². The molecule has 0 spiro atoms. The zero-order valence-electron chi connectivity index (χ0n) is 13.3. The first-order valence-electron chi connectivity index (χ1n) is 8.69. The number of nitrogens with zero attached hydrogens (tertiary/aromatic N) is 1. The highest BCUT2D eigenvalue weighted by atomic mass is 79.9. The summed E-state index contributed by atoms with van der Waals surface area (Å²) in [5.41, 5.74) is 1.24. The lowest BCUT2D eigenvalue weighted by Crippen LogP contribution is -2.59. The number of aromatic nitrogens is 2. The highest BCUT2D eigenvalue weighted by Crippen LogP contribution is 2.52. The second kappa shape index (κ2) is 5.30. The van der Waals surface area contributed by atoms with Crippen LogP contribution in [0.15, 0.2) is 22.9 Å². The topological polar surface area (TPSA) is 67.0 Å². The molecule has 1 amide bonds. The second-order valence-corrected chi connectivity index (χ2v) is 8.62. The van der Waals surface area contributed by atoms with Gasteiger partial charge in [-0.3, -0.25) is 4.79 Å². The van der Waals surface area contributed by atoms with Crippen LogP contribution in [0.1, 0.15) is 42.5 Å². The molecule has 24 heavy (non-hydrogen) atoms. The van der Waals surface area contributed by atoms with Gasteiger partial charge in [0.15, 0.2) is 0 Å². The summed E-state index contributed by atoms with van der Waals surface area (Å²) in [7, 11) is 0. The van der Waals surface area contributed by atoms with Crippen molar-refractivity contribution in [3.05, 3.63) is 28.5 Å². The van der Waals surface area contributed by atoms with Gasteiger partial charge in [0.1, 0.15) is 5.65 Å². The Morgan fingerprint density at radius 2 is 2.17 bits per heavy atom. The summed E-state index contributed by atoms with van der Waals surface area (Å²) in [4.78, 5) is 20.1. The molecule has 2 aromatic rings. The highest BCUT2D eigenvalue weighted by Gasteiger charge is 2.52. The molecule has 6 heteroatoms. The van der Waals surface area contributed by atoms with Gasteiger partial charge >= 0.3 is 0 Å². The molecule has 0 radical (unpaired) electrons. The predicted octanol–water partition coefficient (Wildman–Crippen LogP) is 3.40. The number of aromatic amines is 1. The van der Waals surface area contributed by atoms with Crippen LogP contribution in [0.5, 0.6) is 0 Å². The molecule has 4 fully saturated rings. The molecule has 2 aliphatic carbocycles. The average Bonchev–Trinajstić information content (AvgIpc) is 2.94. The number of nitrogens with one attached hydrogen (secondary N) is 2. The minimum absolute atomic E-state index is 0.0551. The van der Waals surface area contributed by atoms with E-state index in [2.05, 4.69) is 31.2 Å². The zero-order valence-corrected chi connectivity index (χ0v) is 14.9. The van der Waals surface area contributed by atoms with Gasteiger partial charge in [-0.05, 0) is 65.9 Å². The van der Waals surface area contributed by atoms with Crippen molar-refractivity contribution in [1.82, 2.24) is 15.3 Å². The van der Waals surface area contributed by atoms with Crippen molar-refractivity contribution in [3.8, 4) is 0 Å². The molecule has 2 atom stereocenters. The zero-order chi connectivity index (χ0) is 16.3. The van der Waals surface area contributed by atoms with Crippen LogP contribution in [0.2, 0.25) is 0 Å². The Morgan fingerprint density at radius 1 is 1.38 bits per heavy atom. The Labute approximate surface area is 148 Å². The SMILES string of the molecule is O=C(NCC12CC3CC(CC(C3)O1)C2)c1c[nH]c2ncc(Br)cc12. The number of ether oxygens (including phenoxy) is 1. The van der Waals surface area contributed by atoms with E-state index in [1.54, 1.807) is 12.4 Å². The van der Waals surface area contributed by atoms with Crippen molar-refractivity contribution < 1.29 is 9.53 Å². The number of H-pyrrole nitrogens is 1. The molecule has 2 saturated carbocycles. The van der Waals surface area contributed by atoms with Crippen LogP contribution >= 0.6 is 15.9 Å². The first-order valence-corrected chi connectivity index (χ1v) is 9.48. The van der Waals surface area contributed by atoms with E-state index in [-0.39, 0.29) is 11.5 Å². The number of amides is 1. The normalized spacial score (nSPS) is 34.0. The number of pyridine rings is 1. The van der Waals surface area contributed by atoms with Gasteiger partial charge in [-0.2, -0.15) is 0 Å². The van der Waals surface area contributed by atoms with Crippen LogP contribution in [-0.4, -0.2) is 34.1 Å². The lowest BCUT2D eigenvalue weighted by atomic mass is 9.62. The monoisotopic (exact) mass is 389 g/mol. The van der Waals surface area contributed by atoms with E-state index >= 15 is 0 Å². The Balaban J connectivity index is 1.34. The smallest absolute Gasteiger partial charge is 0.253 e. The molecule has 4 heterocycles. The van der Waals surface area contributed by atoms with Crippen molar-refractivity contribution >= 4 is 32.9 Å².